The number of amides is 3. The average Bonchev–Trinajstić information content (AvgIpc) is 3.24. The van der Waals surface area contributed by atoms with Gasteiger partial charge in [-0.3, -0.25) is 9.78 Å². The van der Waals surface area contributed by atoms with Gasteiger partial charge in [0.1, 0.15) is 0 Å². The zero-order valence-corrected chi connectivity index (χ0v) is 18.2. The molecular weight excluding hydrogens is 388 g/mol. The fraction of sp³-hybridized carbons (Fsp3) is 0.400. The Bertz CT molecular complexity index is 958. The van der Waals surface area contributed by atoms with Crippen LogP contribution in [0.3, 0.4) is 0 Å². The first-order valence-electron chi connectivity index (χ1n) is 11.1. The molecule has 1 aliphatic heterocycles. The molecule has 6 nitrogen and oxygen atoms in total. The van der Waals surface area contributed by atoms with Gasteiger partial charge < -0.3 is 15.5 Å². The monoisotopic (exact) mass is 418 g/mol. The van der Waals surface area contributed by atoms with Gasteiger partial charge in [0.2, 0.25) is 5.91 Å². The smallest absolute Gasteiger partial charge is 0.322 e. The van der Waals surface area contributed by atoms with Crippen LogP contribution in [0.4, 0.5) is 10.5 Å². The van der Waals surface area contributed by atoms with E-state index in [-0.39, 0.29) is 23.9 Å². The number of carbonyl (C=O) groups is 2. The zero-order chi connectivity index (χ0) is 21.8. The number of pyridine rings is 1. The molecule has 0 saturated heterocycles. The average molecular weight is 419 g/mol. The molecule has 3 amide bonds. The summed E-state index contributed by atoms with van der Waals surface area (Å²) in [4.78, 5) is 30.6. The van der Waals surface area contributed by atoms with Crippen LogP contribution in [-0.4, -0.2) is 27.9 Å². The van der Waals surface area contributed by atoms with E-state index >= 15 is 0 Å². The molecule has 31 heavy (non-hydrogen) atoms. The molecule has 2 aromatic rings. The Morgan fingerprint density at radius 2 is 1.94 bits per heavy atom. The van der Waals surface area contributed by atoms with E-state index in [9.17, 15) is 9.59 Å². The summed E-state index contributed by atoms with van der Waals surface area (Å²) in [5.74, 6) is 0.223. The number of hydrogen-bond donors (Lipinski definition) is 2. The highest BCUT2D eigenvalue weighted by Gasteiger charge is 2.23. The molecule has 4 rings (SSSR count). The first-order chi connectivity index (χ1) is 15.0. The molecule has 2 aliphatic rings. The fourth-order valence-electron chi connectivity index (χ4n) is 4.09. The highest BCUT2D eigenvalue weighted by Crippen LogP contribution is 2.28. The molecule has 0 saturated carbocycles. The van der Waals surface area contributed by atoms with Crippen molar-refractivity contribution in [3.8, 4) is 0 Å². The predicted molar refractivity (Wildman–Crippen MR) is 122 cm³/mol. The number of nitrogens with zero attached hydrogens (tertiary/aromatic N) is 2. The van der Waals surface area contributed by atoms with Crippen LogP contribution < -0.4 is 10.6 Å². The summed E-state index contributed by atoms with van der Waals surface area (Å²) in [6, 6.07) is 10.1. The topological polar surface area (TPSA) is 74.3 Å². The van der Waals surface area contributed by atoms with Gasteiger partial charge in [-0.2, -0.15) is 0 Å². The van der Waals surface area contributed by atoms with Crippen LogP contribution in [-0.2, 0) is 17.9 Å². The molecular formula is C25H30N4O2. The SMILES string of the molecule is CC[C@H](C)C(=O)NC1CC=C(c2ccc(NC(=O)N3Cc4ccncc4C3)cc2)CC1. The number of fused-ring (bicyclic) bond motifs is 1. The minimum absolute atomic E-state index is 0.0690. The first-order valence-corrected chi connectivity index (χ1v) is 11.1. The van der Waals surface area contributed by atoms with Gasteiger partial charge in [0, 0.05) is 43.1 Å². The molecule has 1 aromatic carbocycles. The van der Waals surface area contributed by atoms with Gasteiger partial charge in [-0.25, -0.2) is 4.79 Å². The molecule has 1 aromatic heterocycles. The molecule has 162 valence electrons. The van der Waals surface area contributed by atoms with E-state index < -0.39 is 0 Å². The predicted octanol–water partition coefficient (Wildman–Crippen LogP) is 4.73. The van der Waals surface area contributed by atoms with Crippen LogP contribution in [0.15, 0.2) is 48.8 Å². The molecule has 0 spiro atoms. The second-order valence-electron chi connectivity index (χ2n) is 8.53. The van der Waals surface area contributed by atoms with E-state index in [1.54, 1.807) is 11.1 Å². The number of allylic oxidation sites excluding steroid dienone is 1. The molecule has 6 heteroatoms. The van der Waals surface area contributed by atoms with Gasteiger partial charge >= 0.3 is 6.03 Å². The maximum atomic E-state index is 12.6. The van der Waals surface area contributed by atoms with Gasteiger partial charge in [-0.1, -0.05) is 32.1 Å². The molecule has 2 heterocycles. The standard InChI is InChI=1S/C25H30N4O2/c1-3-17(2)24(30)27-22-8-4-18(5-9-22)19-6-10-23(11-7-19)28-25(31)29-15-20-12-13-26-14-21(20)16-29/h4,6-7,10-14,17,22H,3,5,8-9,15-16H2,1-2H3,(H,27,30)(H,28,31)/t17-,22?/m0/s1. The van der Waals surface area contributed by atoms with Crippen LogP contribution in [0.1, 0.15) is 56.2 Å². The Kier molecular flexibility index (Phi) is 6.35. The Labute approximate surface area is 183 Å². The third kappa shape index (κ3) is 4.95. The lowest BCUT2D eigenvalue weighted by molar-refractivity contribution is -0.125. The van der Waals surface area contributed by atoms with E-state index in [1.165, 1.54) is 11.1 Å². The van der Waals surface area contributed by atoms with Crippen molar-refractivity contribution < 1.29 is 9.59 Å². The van der Waals surface area contributed by atoms with E-state index in [0.29, 0.717) is 13.1 Å². The summed E-state index contributed by atoms with van der Waals surface area (Å²) in [7, 11) is 0. The van der Waals surface area contributed by atoms with Gasteiger partial charge in [0.05, 0.1) is 0 Å². The number of nitrogens with one attached hydrogen (secondary N) is 2. The first kappa shape index (κ1) is 21.1. The summed E-state index contributed by atoms with van der Waals surface area (Å²) >= 11 is 0. The molecule has 0 bridgehead atoms. The Balaban J connectivity index is 1.31. The van der Waals surface area contributed by atoms with Gasteiger partial charge in [0.25, 0.3) is 0 Å². The van der Waals surface area contributed by atoms with E-state index in [4.69, 9.17) is 0 Å². The van der Waals surface area contributed by atoms with E-state index in [0.717, 1.165) is 42.5 Å². The fourth-order valence-corrected chi connectivity index (χ4v) is 4.09. The van der Waals surface area contributed by atoms with E-state index in [1.807, 2.05) is 38.2 Å². The maximum absolute atomic E-state index is 12.6. The molecule has 1 aliphatic carbocycles. The van der Waals surface area contributed by atoms with Crippen molar-refractivity contribution in [3.63, 3.8) is 0 Å². The summed E-state index contributed by atoms with van der Waals surface area (Å²) in [5, 5.41) is 6.16. The normalized spacial score (nSPS) is 18.7. The molecule has 0 fully saturated rings. The number of aromatic nitrogens is 1. The minimum Gasteiger partial charge on any atom is -0.353 e. The van der Waals surface area contributed by atoms with Crippen molar-refractivity contribution in [2.45, 2.75) is 58.7 Å². The van der Waals surface area contributed by atoms with Crippen LogP contribution in [0.2, 0.25) is 0 Å². The Morgan fingerprint density at radius 3 is 2.61 bits per heavy atom. The number of carbonyl (C=O) groups excluding carboxylic acids is 2. The molecule has 2 atom stereocenters. The van der Waals surface area contributed by atoms with Crippen LogP contribution >= 0.6 is 0 Å². The summed E-state index contributed by atoms with van der Waals surface area (Å²) in [5.41, 5.74) is 5.52. The molecule has 0 radical (unpaired) electrons. The lowest BCUT2D eigenvalue weighted by Crippen LogP contribution is -2.38. The van der Waals surface area contributed by atoms with Crippen LogP contribution in [0.25, 0.3) is 5.57 Å². The zero-order valence-electron chi connectivity index (χ0n) is 18.2. The van der Waals surface area contributed by atoms with Gasteiger partial charge in [0.15, 0.2) is 0 Å². The minimum atomic E-state index is -0.0966. The third-order valence-corrected chi connectivity index (χ3v) is 6.34. The maximum Gasteiger partial charge on any atom is 0.322 e. The second kappa shape index (κ2) is 9.33. The summed E-state index contributed by atoms with van der Waals surface area (Å²) in [6.45, 7) is 5.22. The number of urea groups is 1. The van der Waals surface area contributed by atoms with Crippen molar-refractivity contribution >= 4 is 23.2 Å². The largest absolute Gasteiger partial charge is 0.353 e. The number of benzene rings is 1. The van der Waals surface area contributed by atoms with Gasteiger partial charge in [-0.05, 0) is 66.1 Å². The Morgan fingerprint density at radius 1 is 1.16 bits per heavy atom. The second-order valence-corrected chi connectivity index (χ2v) is 8.53. The highest BCUT2D eigenvalue weighted by molar-refractivity contribution is 5.90. The van der Waals surface area contributed by atoms with Crippen LogP contribution in [0, 0.1) is 5.92 Å². The van der Waals surface area contributed by atoms with Crippen LogP contribution in [0.5, 0.6) is 0 Å². The van der Waals surface area contributed by atoms with Crippen molar-refractivity contribution in [2.24, 2.45) is 5.92 Å². The quantitative estimate of drug-likeness (QED) is 0.737. The number of anilines is 1. The summed E-state index contributed by atoms with van der Waals surface area (Å²) < 4.78 is 0. The van der Waals surface area contributed by atoms with Crippen molar-refractivity contribution in [1.29, 1.82) is 0 Å². The highest BCUT2D eigenvalue weighted by atomic mass is 16.2. The number of hydrogen-bond acceptors (Lipinski definition) is 3. The van der Waals surface area contributed by atoms with Gasteiger partial charge in [-0.15, -0.1) is 0 Å². The van der Waals surface area contributed by atoms with Crippen molar-refractivity contribution in [2.75, 3.05) is 5.32 Å². The Hall–Kier alpha value is -3.15. The van der Waals surface area contributed by atoms with Crippen molar-refractivity contribution in [1.82, 2.24) is 15.2 Å². The third-order valence-electron chi connectivity index (χ3n) is 6.34. The lowest BCUT2D eigenvalue weighted by atomic mass is 9.90. The summed E-state index contributed by atoms with van der Waals surface area (Å²) in [6.07, 6.45) is 9.45. The number of rotatable bonds is 5. The van der Waals surface area contributed by atoms with E-state index in [2.05, 4.69) is 33.8 Å². The molecule has 1 unspecified atom stereocenters. The lowest BCUT2D eigenvalue weighted by Gasteiger charge is -2.24. The van der Waals surface area contributed by atoms with Crippen molar-refractivity contribution in [3.05, 3.63) is 65.5 Å². The molecule has 2 N–H and O–H groups in total.